The van der Waals surface area contributed by atoms with Crippen LogP contribution in [0.25, 0.3) is 28.3 Å². The van der Waals surface area contributed by atoms with Gasteiger partial charge in [0.05, 0.1) is 59.8 Å². The minimum Gasteiger partial charge on any atom is -0.445 e. The number of anilines is 2. The van der Waals surface area contributed by atoms with Crippen LogP contribution in [-0.4, -0.2) is 62.5 Å². The van der Waals surface area contributed by atoms with Gasteiger partial charge in [0, 0.05) is 37.2 Å². The quantitative estimate of drug-likeness (QED) is 0.353. The number of rotatable bonds is 6. The molecule has 7 heterocycles. The summed E-state index contributed by atoms with van der Waals surface area (Å²) in [5.74, 6) is 0.870. The molecule has 2 N–H and O–H groups in total. The maximum atomic E-state index is 13.0. The highest BCUT2D eigenvalue weighted by atomic mass is 16.5. The summed E-state index contributed by atoms with van der Waals surface area (Å²) in [6.07, 6.45) is 7.70. The molecule has 0 bridgehead atoms. The molecule has 0 saturated carbocycles. The lowest BCUT2D eigenvalue weighted by atomic mass is 9.96. The topological polar surface area (TPSA) is 123 Å². The van der Waals surface area contributed by atoms with E-state index in [1.165, 1.54) is 5.56 Å². The standard InChI is InChI=1S/C27H26N8O3/c1-34(2)13-19-16(15-5-7-37-14-15)3-4-22(33-19)32-18-10-29-25(17-9-30-26(36)24(17)18)21-11-28-23-12-31-27-20(35(21)23)6-8-38-27/h3-4,6,8,10-12,15H,5,7,9,13-14H2,1-2H3,(H,30,36)(H,32,33). The van der Waals surface area contributed by atoms with Crippen molar-refractivity contribution < 1.29 is 13.9 Å². The molecule has 1 unspecified atom stereocenters. The van der Waals surface area contributed by atoms with E-state index in [9.17, 15) is 4.79 Å². The lowest BCUT2D eigenvalue weighted by Crippen LogP contribution is -2.16. The fourth-order valence-corrected chi connectivity index (χ4v) is 5.41. The van der Waals surface area contributed by atoms with Gasteiger partial charge >= 0.3 is 0 Å². The van der Waals surface area contributed by atoms with Gasteiger partial charge in [-0.05, 0) is 32.1 Å². The van der Waals surface area contributed by atoms with Crippen LogP contribution in [0.3, 0.4) is 0 Å². The van der Waals surface area contributed by atoms with E-state index in [4.69, 9.17) is 19.1 Å². The number of carbonyl (C=O) groups excluding carboxylic acids is 1. The van der Waals surface area contributed by atoms with Gasteiger partial charge in [0.2, 0.25) is 5.71 Å². The number of fused-ring (bicyclic) bond motifs is 4. The highest BCUT2D eigenvalue weighted by Gasteiger charge is 2.29. The molecule has 0 aromatic carbocycles. The minimum absolute atomic E-state index is 0.150. The van der Waals surface area contributed by atoms with E-state index >= 15 is 0 Å². The molecule has 11 heteroatoms. The second-order valence-corrected chi connectivity index (χ2v) is 9.92. The predicted molar refractivity (Wildman–Crippen MR) is 140 cm³/mol. The molecule has 1 fully saturated rings. The Morgan fingerprint density at radius 1 is 1.16 bits per heavy atom. The first-order chi connectivity index (χ1) is 18.6. The van der Waals surface area contributed by atoms with E-state index in [-0.39, 0.29) is 5.91 Å². The molecule has 7 rings (SSSR count). The van der Waals surface area contributed by atoms with E-state index in [0.29, 0.717) is 53.1 Å². The first-order valence-corrected chi connectivity index (χ1v) is 12.6. The highest BCUT2D eigenvalue weighted by molar-refractivity contribution is 6.05. The molecule has 38 heavy (non-hydrogen) atoms. The van der Waals surface area contributed by atoms with Crippen LogP contribution >= 0.6 is 0 Å². The van der Waals surface area contributed by atoms with Crippen LogP contribution < -0.4 is 10.6 Å². The van der Waals surface area contributed by atoms with Gasteiger partial charge in [-0.2, -0.15) is 0 Å². The molecule has 1 amide bonds. The summed E-state index contributed by atoms with van der Waals surface area (Å²) in [5.41, 5.74) is 7.62. The van der Waals surface area contributed by atoms with Crippen molar-refractivity contribution in [3.63, 3.8) is 0 Å². The van der Waals surface area contributed by atoms with E-state index in [1.807, 2.05) is 30.6 Å². The Hall–Kier alpha value is -4.35. The van der Waals surface area contributed by atoms with Gasteiger partial charge in [-0.3, -0.25) is 14.2 Å². The number of imidazole rings is 1. The van der Waals surface area contributed by atoms with Gasteiger partial charge in [0.15, 0.2) is 5.65 Å². The number of carbonyl (C=O) groups is 1. The fourth-order valence-electron chi connectivity index (χ4n) is 5.41. The van der Waals surface area contributed by atoms with E-state index in [0.717, 1.165) is 42.1 Å². The van der Waals surface area contributed by atoms with Crippen molar-refractivity contribution in [2.75, 3.05) is 32.6 Å². The zero-order chi connectivity index (χ0) is 25.8. The fraction of sp³-hybridized carbons (Fsp3) is 0.296. The van der Waals surface area contributed by atoms with E-state index in [1.54, 1.807) is 24.9 Å². The van der Waals surface area contributed by atoms with Gasteiger partial charge in [-0.1, -0.05) is 6.07 Å². The van der Waals surface area contributed by atoms with Crippen LogP contribution in [0.5, 0.6) is 0 Å². The molecule has 192 valence electrons. The maximum Gasteiger partial charge on any atom is 0.254 e. The molecule has 1 saturated heterocycles. The maximum absolute atomic E-state index is 13.0. The molecule has 11 nitrogen and oxygen atoms in total. The second kappa shape index (κ2) is 8.89. The largest absolute Gasteiger partial charge is 0.445 e. The molecule has 0 aliphatic carbocycles. The Labute approximate surface area is 217 Å². The Kier molecular flexibility index (Phi) is 5.34. The summed E-state index contributed by atoms with van der Waals surface area (Å²) in [6.45, 7) is 2.58. The summed E-state index contributed by atoms with van der Waals surface area (Å²) >= 11 is 0. The summed E-state index contributed by atoms with van der Waals surface area (Å²) in [6, 6.07) is 5.93. The molecule has 2 aliphatic rings. The van der Waals surface area contributed by atoms with Gasteiger partial charge in [-0.25, -0.2) is 15.0 Å². The van der Waals surface area contributed by atoms with Crippen LogP contribution in [-0.2, 0) is 17.8 Å². The number of amides is 1. The first kappa shape index (κ1) is 22.8. The number of aromatic nitrogens is 5. The zero-order valence-electron chi connectivity index (χ0n) is 21.1. The summed E-state index contributed by atoms with van der Waals surface area (Å²) in [5, 5.41) is 6.33. The number of furan rings is 1. The van der Waals surface area contributed by atoms with Crippen LogP contribution in [0, 0.1) is 0 Å². The van der Waals surface area contributed by atoms with Gasteiger partial charge < -0.3 is 24.7 Å². The van der Waals surface area contributed by atoms with Crippen molar-refractivity contribution in [2.24, 2.45) is 0 Å². The van der Waals surface area contributed by atoms with Crippen molar-refractivity contribution in [1.29, 1.82) is 0 Å². The molecule has 1 atom stereocenters. The van der Waals surface area contributed by atoms with E-state index in [2.05, 4.69) is 31.6 Å². The summed E-state index contributed by atoms with van der Waals surface area (Å²) in [4.78, 5) is 33.7. The summed E-state index contributed by atoms with van der Waals surface area (Å²) in [7, 11) is 4.06. The third-order valence-corrected chi connectivity index (χ3v) is 7.13. The number of nitrogens with zero attached hydrogens (tertiary/aromatic N) is 6. The normalized spacial score (nSPS) is 17.0. The Bertz CT molecular complexity index is 1700. The SMILES string of the molecule is CN(C)Cc1nc(Nc2cnc(-c3cnc4cnc5occc5n34)c3c2C(=O)NC3)ccc1C1CCOC1. The minimum atomic E-state index is -0.150. The van der Waals surface area contributed by atoms with Crippen LogP contribution in [0.4, 0.5) is 11.5 Å². The highest BCUT2D eigenvalue weighted by Crippen LogP contribution is 2.35. The Morgan fingerprint density at radius 2 is 2.08 bits per heavy atom. The number of hydrogen-bond acceptors (Lipinski definition) is 9. The van der Waals surface area contributed by atoms with Crippen molar-refractivity contribution >= 4 is 34.3 Å². The van der Waals surface area contributed by atoms with Gasteiger partial charge in [-0.15, -0.1) is 0 Å². The van der Waals surface area contributed by atoms with Crippen molar-refractivity contribution in [3.8, 4) is 11.4 Å². The molecular weight excluding hydrogens is 484 g/mol. The first-order valence-electron chi connectivity index (χ1n) is 12.6. The Morgan fingerprint density at radius 3 is 2.92 bits per heavy atom. The van der Waals surface area contributed by atoms with Crippen molar-refractivity contribution in [3.05, 3.63) is 65.4 Å². The lowest BCUT2D eigenvalue weighted by molar-refractivity contribution is 0.0966. The van der Waals surface area contributed by atoms with Crippen molar-refractivity contribution in [1.82, 2.24) is 34.6 Å². The van der Waals surface area contributed by atoms with Crippen LogP contribution in [0.15, 0.2) is 47.5 Å². The number of nitrogens with one attached hydrogen (secondary N) is 2. The predicted octanol–water partition coefficient (Wildman–Crippen LogP) is 3.49. The number of pyridine rings is 2. The molecule has 5 aromatic heterocycles. The van der Waals surface area contributed by atoms with Gasteiger partial charge in [0.25, 0.3) is 5.91 Å². The van der Waals surface area contributed by atoms with Crippen LogP contribution in [0.2, 0.25) is 0 Å². The third-order valence-electron chi connectivity index (χ3n) is 7.13. The molecule has 0 radical (unpaired) electrons. The number of hydrogen-bond donors (Lipinski definition) is 2. The zero-order valence-corrected chi connectivity index (χ0v) is 21.1. The lowest BCUT2D eigenvalue weighted by Gasteiger charge is -2.19. The average Bonchev–Trinajstić information content (AvgIpc) is 3.70. The Balaban J connectivity index is 1.29. The van der Waals surface area contributed by atoms with Crippen LogP contribution in [0.1, 0.15) is 39.5 Å². The number of ether oxygens (including phenoxy) is 1. The monoisotopic (exact) mass is 510 g/mol. The van der Waals surface area contributed by atoms with E-state index < -0.39 is 0 Å². The third kappa shape index (κ3) is 3.70. The second-order valence-electron chi connectivity index (χ2n) is 9.92. The molecular formula is C27H26N8O3. The smallest absolute Gasteiger partial charge is 0.254 e. The average molecular weight is 511 g/mol. The molecule has 0 spiro atoms. The molecule has 5 aromatic rings. The summed E-state index contributed by atoms with van der Waals surface area (Å²) < 4.78 is 13.1. The van der Waals surface area contributed by atoms with Crippen molar-refractivity contribution in [2.45, 2.75) is 25.4 Å². The van der Waals surface area contributed by atoms with Gasteiger partial charge in [0.1, 0.15) is 11.3 Å². The molecule has 2 aliphatic heterocycles.